The van der Waals surface area contributed by atoms with Crippen LogP contribution in [0.5, 0.6) is 0 Å². The summed E-state index contributed by atoms with van der Waals surface area (Å²) in [6.07, 6.45) is 1.07. The number of halogens is 1. The van der Waals surface area contributed by atoms with Gasteiger partial charge in [-0.05, 0) is 12.8 Å². The van der Waals surface area contributed by atoms with Gasteiger partial charge in [0.15, 0.2) is 0 Å². The first-order valence-corrected chi connectivity index (χ1v) is 2.42. The third-order valence-corrected chi connectivity index (χ3v) is 1.31. The van der Waals surface area contributed by atoms with Crippen molar-refractivity contribution in [3.63, 3.8) is 0 Å². The lowest BCUT2D eigenvalue weighted by molar-refractivity contribution is -0.115. The third kappa shape index (κ3) is 0.787. The third-order valence-electron chi connectivity index (χ3n) is 1.31. The predicted octanol–water partition coefficient (Wildman–Crippen LogP) is 0.933. The zero-order valence-corrected chi connectivity index (χ0v) is 3.93. The van der Waals surface area contributed by atoms with Crippen LogP contribution in [0.4, 0.5) is 4.39 Å². The van der Waals surface area contributed by atoms with E-state index in [0.29, 0.717) is 12.8 Å². The molecule has 0 saturated heterocycles. The topological polar surface area (TPSA) is 17.1 Å². The molecule has 0 atom stereocenters. The highest BCUT2D eigenvalue weighted by Gasteiger charge is 2.27. The van der Waals surface area contributed by atoms with Gasteiger partial charge in [0.25, 0.3) is 0 Å². The molecule has 1 aliphatic rings. The molecular formula is C5H7FO. The summed E-state index contributed by atoms with van der Waals surface area (Å²) in [5, 5.41) is 0. The van der Waals surface area contributed by atoms with Crippen LogP contribution in [0.3, 0.4) is 0 Å². The lowest BCUT2D eigenvalue weighted by atomic mass is 9.85. The van der Waals surface area contributed by atoms with E-state index in [1.165, 1.54) is 0 Å². The molecule has 0 amide bonds. The minimum absolute atomic E-state index is 0.0370. The summed E-state index contributed by atoms with van der Waals surface area (Å²) in [5.41, 5.74) is 0. The molecule has 0 radical (unpaired) electrons. The minimum Gasteiger partial charge on any atom is -0.303 e. The average Bonchev–Trinajstić information content (AvgIpc) is 1.58. The van der Waals surface area contributed by atoms with E-state index >= 15 is 0 Å². The number of hydrogen-bond acceptors (Lipinski definition) is 1. The zero-order valence-electron chi connectivity index (χ0n) is 3.93. The van der Waals surface area contributed by atoms with Gasteiger partial charge in [-0.3, -0.25) is 0 Å². The van der Waals surface area contributed by atoms with Gasteiger partial charge >= 0.3 is 0 Å². The van der Waals surface area contributed by atoms with Crippen molar-refractivity contribution in [2.45, 2.75) is 19.0 Å². The maximum absolute atomic E-state index is 11.8. The quantitative estimate of drug-likeness (QED) is 0.450. The second kappa shape index (κ2) is 1.60. The first-order valence-electron chi connectivity index (χ1n) is 2.42. The number of rotatable bonds is 1. The summed E-state index contributed by atoms with van der Waals surface area (Å²) in [6, 6.07) is 0. The van der Waals surface area contributed by atoms with Crippen molar-refractivity contribution in [2.24, 2.45) is 5.92 Å². The highest BCUT2D eigenvalue weighted by atomic mass is 19.1. The lowest BCUT2D eigenvalue weighted by Gasteiger charge is -2.23. The molecule has 1 fully saturated rings. The maximum Gasteiger partial charge on any atom is 0.123 e. The Hall–Kier alpha value is -0.400. The molecule has 0 spiro atoms. The van der Waals surface area contributed by atoms with Crippen LogP contribution in [0.25, 0.3) is 0 Å². The Balaban J connectivity index is 2.17. The van der Waals surface area contributed by atoms with Crippen LogP contribution in [0.15, 0.2) is 0 Å². The molecule has 2 heteroatoms. The van der Waals surface area contributed by atoms with Crippen LogP contribution in [0, 0.1) is 5.92 Å². The van der Waals surface area contributed by atoms with Crippen LogP contribution in [-0.2, 0) is 4.79 Å². The SMILES string of the molecule is O=CC1CC(F)C1. The van der Waals surface area contributed by atoms with Gasteiger partial charge < -0.3 is 4.79 Å². The summed E-state index contributed by atoms with van der Waals surface area (Å²) in [4.78, 5) is 9.77. The van der Waals surface area contributed by atoms with E-state index in [1.54, 1.807) is 0 Å². The van der Waals surface area contributed by atoms with Gasteiger partial charge in [0, 0.05) is 5.92 Å². The minimum atomic E-state index is -0.685. The zero-order chi connectivity index (χ0) is 5.28. The van der Waals surface area contributed by atoms with E-state index in [4.69, 9.17) is 0 Å². The number of carbonyl (C=O) groups excluding carboxylic acids is 1. The highest BCUT2D eigenvalue weighted by molar-refractivity contribution is 5.55. The van der Waals surface area contributed by atoms with Crippen molar-refractivity contribution in [3.05, 3.63) is 0 Å². The van der Waals surface area contributed by atoms with Crippen molar-refractivity contribution >= 4 is 6.29 Å². The molecule has 1 nitrogen and oxygen atoms in total. The first kappa shape index (κ1) is 4.75. The van der Waals surface area contributed by atoms with Crippen molar-refractivity contribution < 1.29 is 9.18 Å². The van der Waals surface area contributed by atoms with E-state index in [9.17, 15) is 9.18 Å². The molecular weight excluding hydrogens is 95.1 g/mol. The number of hydrogen-bond donors (Lipinski definition) is 0. The van der Waals surface area contributed by atoms with E-state index < -0.39 is 6.17 Å². The van der Waals surface area contributed by atoms with Gasteiger partial charge in [-0.15, -0.1) is 0 Å². The molecule has 0 aromatic heterocycles. The Morgan fingerprint density at radius 1 is 1.57 bits per heavy atom. The predicted molar refractivity (Wildman–Crippen MR) is 23.7 cm³/mol. The normalized spacial score (nSPS) is 39.6. The Labute approximate surface area is 41.5 Å². The van der Waals surface area contributed by atoms with Crippen molar-refractivity contribution in [2.75, 3.05) is 0 Å². The maximum atomic E-state index is 11.8. The van der Waals surface area contributed by atoms with Gasteiger partial charge in [-0.25, -0.2) is 4.39 Å². The molecule has 1 rings (SSSR count). The molecule has 0 heterocycles. The van der Waals surface area contributed by atoms with Crippen molar-refractivity contribution in [1.29, 1.82) is 0 Å². The molecule has 1 saturated carbocycles. The molecule has 0 aromatic rings. The summed E-state index contributed by atoms with van der Waals surface area (Å²) < 4.78 is 11.8. The second-order valence-electron chi connectivity index (χ2n) is 1.96. The van der Waals surface area contributed by atoms with Crippen molar-refractivity contribution in [1.82, 2.24) is 0 Å². The summed E-state index contributed by atoms with van der Waals surface area (Å²) in [7, 11) is 0. The lowest BCUT2D eigenvalue weighted by Crippen LogP contribution is -2.25. The van der Waals surface area contributed by atoms with E-state index in [-0.39, 0.29) is 5.92 Å². The largest absolute Gasteiger partial charge is 0.303 e. The standard InChI is InChI=1S/C5H7FO/c6-5-1-4(2-5)3-7/h3-5H,1-2H2. The fourth-order valence-corrected chi connectivity index (χ4v) is 0.699. The Bertz CT molecular complexity index is 76.1. The smallest absolute Gasteiger partial charge is 0.123 e. The Kier molecular flexibility index (Phi) is 1.09. The molecule has 0 N–H and O–H groups in total. The summed E-state index contributed by atoms with van der Waals surface area (Å²) in [6.45, 7) is 0. The van der Waals surface area contributed by atoms with Crippen LogP contribution in [-0.4, -0.2) is 12.5 Å². The van der Waals surface area contributed by atoms with Gasteiger partial charge in [-0.2, -0.15) is 0 Å². The summed E-state index contributed by atoms with van der Waals surface area (Å²) in [5.74, 6) is 0.0370. The summed E-state index contributed by atoms with van der Waals surface area (Å²) >= 11 is 0. The van der Waals surface area contributed by atoms with Gasteiger partial charge in [0.1, 0.15) is 12.5 Å². The molecule has 0 bridgehead atoms. The van der Waals surface area contributed by atoms with Gasteiger partial charge in [0.05, 0.1) is 0 Å². The van der Waals surface area contributed by atoms with Gasteiger partial charge in [-0.1, -0.05) is 0 Å². The molecule has 7 heavy (non-hydrogen) atoms. The van der Waals surface area contributed by atoms with E-state index in [2.05, 4.69) is 0 Å². The fraction of sp³-hybridized carbons (Fsp3) is 0.800. The van der Waals surface area contributed by atoms with Crippen LogP contribution in [0.2, 0.25) is 0 Å². The monoisotopic (exact) mass is 102 g/mol. The Morgan fingerprint density at radius 2 is 2.14 bits per heavy atom. The van der Waals surface area contributed by atoms with E-state index in [0.717, 1.165) is 6.29 Å². The number of aldehydes is 1. The van der Waals surface area contributed by atoms with Crippen LogP contribution < -0.4 is 0 Å². The molecule has 1 aliphatic carbocycles. The second-order valence-corrected chi connectivity index (χ2v) is 1.96. The van der Waals surface area contributed by atoms with Crippen LogP contribution >= 0.6 is 0 Å². The average molecular weight is 102 g/mol. The number of carbonyl (C=O) groups is 1. The molecule has 0 unspecified atom stereocenters. The number of alkyl halides is 1. The van der Waals surface area contributed by atoms with E-state index in [1.807, 2.05) is 0 Å². The molecule has 40 valence electrons. The van der Waals surface area contributed by atoms with Crippen molar-refractivity contribution in [3.8, 4) is 0 Å². The van der Waals surface area contributed by atoms with Gasteiger partial charge in [0.2, 0.25) is 0 Å². The highest BCUT2D eigenvalue weighted by Crippen LogP contribution is 2.27. The Morgan fingerprint density at radius 3 is 2.29 bits per heavy atom. The molecule has 0 aromatic carbocycles. The van der Waals surface area contributed by atoms with Crippen LogP contribution in [0.1, 0.15) is 12.8 Å². The molecule has 0 aliphatic heterocycles. The fourth-order valence-electron chi connectivity index (χ4n) is 0.699. The first-order chi connectivity index (χ1) is 3.33.